The van der Waals surface area contributed by atoms with Gasteiger partial charge in [0.25, 0.3) is 0 Å². The van der Waals surface area contributed by atoms with Crippen LogP contribution >= 0.6 is 0 Å². The minimum absolute atomic E-state index is 0.0587. The molecule has 4 saturated heterocycles. The monoisotopic (exact) mass is 644 g/mol. The van der Waals surface area contributed by atoms with E-state index in [2.05, 4.69) is 15.0 Å². The van der Waals surface area contributed by atoms with Crippen molar-refractivity contribution >= 4 is 22.5 Å². The molecule has 4 fully saturated rings. The molecule has 4 aliphatic heterocycles. The third kappa shape index (κ3) is 5.00. The minimum Gasteiger partial charge on any atom is -0.461 e. The second kappa shape index (κ2) is 10.2. The largest absolute Gasteiger partial charge is 0.461 e. The van der Waals surface area contributed by atoms with Crippen LogP contribution in [-0.2, 0) is 17.1 Å². The van der Waals surface area contributed by atoms with Crippen molar-refractivity contribution in [1.82, 2.24) is 19.9 Å². The highest BCUT2D eigenvalue weighted by atomic mass is 19.4. The fourth-order valence-corrected chi connectivity index (χ4v) is 7.47. The number of benzene rings is 1. The van der Waals surface area contributed by atoms with E-state index in [1.807, 2.05) is 4.90 Å². The molecule has 2 bridgehead atoms. The van der Waals surface area contributed by atoms with Crippen LogP contribution in [0.25, 0.3) is 22.2 Å². The number of nitrogen functional groups attached to an aromatic ring is 1. The summed E-state index contributed by atoms with van der Waals surface area (Å²) in [4.78, 5) is 15.8. The number of alkyl halides is 7. The lowest BCUT2D eigenvalue weighted by atomic mass is 9.94. The van der Waals surface area contributed by atoms with E-state index in [1.54, 1.807) is 4.90 Å². The first-order valence-corrected chi connectivity index (χ1v) is 14.5. The zero-order chi connectivity index (χ0) is 32.1. The number of nitrogens with zero attached hydrogens (tertiary/aromatic N) is 5. The van der Waals surface area contributed by atoms with E-state index in [-0.39, 0.29) is 62.1 Å². The number of anilines is 2. The van der Waals surface area contributed by atoms with Crippen molar-refractivity contribution in [3.63, 3.8) is 0 Å². The van der Waals surface area contributed by atoms with Crippen LogP contribution in [0.1, 0.15) is 42.4 Å². The van der Waals surface area contributed by atoms with Crippen molar-refractivity contribution in [1.29, 1.82) is 0 Å². The minimum atomic E-state index is -5.30. The average molecular weight is 645 g/mol. The molecule has 0 aliphatic carbocycles. The van der Waals surface area contributed by atoms with Gasteiger partial charge in [0.15, 0.2) is 5.82 Å². The topological polar surface area (TPSA) is 89.6 Å². The number of rotatable bonds is 5. The van der Waals surface area contributed by atoms with E-state index < -0.39 is 69.2 Å². The predicted octanol–water partition coefficient (Wildman–Crippen LogP) is 5.69. The molecule has 16 heteroatoms. The molecular weight excluding hydrogens is 616 g/mol. The summed E-state index contributed by atoms with van der Waals surface area (Å²) in [5.41, 5.74) is -2.15. The number of pyridine rings is 1. The normalized spacial score (nSPS) is 26.8. The summed E-state index contributed by atoms with van der Waals surface area (Å²) in [6.45, 7) is 2.35. The van der Waals surface area contributed by atoms with Crippen LogP contribution < -0.4 is 15.4 Å². The van der Waals surface area contributed by atoms with E-state index in [0.29, 0.717) is 25.5 Å². The summed E-state index contributed by atoms with van der Waals surface area (Å²) in [7, 11) is 0. The van der Waals surface area contributed by atoms with Crippen molar-refractivity contribution in [2.45, 2.75) is 68.8 Å². The molecule has 6 heterocycles. The zero-order valence-corrected chi connectivity index (χ0v) is 23.9. The van der Waals surface area contributed by atoms with Crippen LogP contribution in [0.5, 0.6) is 6.01 Å². The van der Waals surface area contributed by atoms with Gasteiger partial charge < -0.3 is 20.1 Å². The van der Waals surface area contributed by atoms with Crippen LogP contribution in [0.3, 0.4) is 0 Å². The fraction of sp³-hybridized carbons (Fsp3) is 0.552. The Bertz CT molecular complexity index is 1680. The van der Waals surface area contributed by atoms with Gasteiger partial charge in [-0.1, -0.05) is 0 Å². The lowest BCUT2D eigenvalue weighted by Gasteiger charge is -2.32. The van der Waals surface area contributed by atoms with Gasteiger partial charge in [-0.3, -0.25) is 4.90 Å². The number of fused-ring (bicyclic) bond motifs is 4. The number of morpholine rings is 1. The summed E-state index contributed by atoms with van der Waals surface area (Å²) in [6.07, 6.45) is -9.58. The molecule has 242 valence electrons. The van der Waals surface area contributed by atoms with Crippen LogP contribution in [0.4, 0.5) is 46.8 Å². The van der Waals surface area contributed by atoms with Gasteiger partial charge in [0.05, 0.1) is 46.7 Å². The Morgan fingerprint density at radius 2 is 1.87 bits per heavy atom. The van der Waals surface area contributed by atoms with Gasteiger partial charge in [0.1, 0.15) is 29.9 Å². The molecule has 1 aromatic carbocycles. The molecule has 0 spiro atoms. The van der Waals surface area contributed by atoms with E-state index in [4.69, 9.17) is 15.2 Å². The van der Waals surface area contributed by atoms with Gasteiger partial charge >= 0.3 is 18.4 Å². The average Bonchev–Trinajstić information content (AvgIpc) is 3.71. The zero-order valence-electron chi connectivity index (χ0n) is 23.9. The first kappa shape index (κ1) is 30.1. The second-order valence-corrected chi connectivity index (χ2v) is 12.3. The van der Waals surface area contributed by atoms with Gasteiger partial charge in [-0.25, -0.2) is 13.8 Å². The number of ether oxygens (including phenoxy) is 2. The second-order valence-electron chi connectivity index (χ2n) is 12.3. The van der Waals surface area contributed by atoms with Gasteiger partial charge in [-0.05, 0) is 50.4 Å². The van der Waals surface area contributed by atoms with Crippen LogP contribution in [0.2, 0.25) is 0 Å². The Balaban J connectivity index is 1.44. The Hall–Kier alpha value is -3.53. The molecular formula is C29H28F8N6O2. The molecule has 2 N–H and O–H groups in total. The Morgan fingerprint density at radius 3 is 2.53 bits per heavy atom. The lowest BCUT2D eigenvalue weighted by molar-refractivity contribution is -0.139. The molecule has 8 nitrogen and oxygen atoms in total. The van der Waals surface area contributed by atoms with Crippen LogP contribution in [0.15, 0.2) is 12.1 Å². The fourth-order valence-electron chi connectivity index (χ4n) is 7.47. The maximum absolute atomic E-state index is 16.6. The van der Waals surface area contributed by atoms with Crippen molar-refractivity contribution < 1.29 is 44.6 Å². The molecule has 0 saturated carbocycles. The van der Waals surface area contributed by atoms with E-state index >= 15 is 4.39 Å². The van der Waals surface area contributed by atoms with Gasteiger partial charge in [-0.15, -0.1) is 0 Å². The number of aryl methyl sites for hydroxylation is 1. The third-order valence-corrected chi connectivity index (χ3v) is 9.36. The standard InChI is InChI=1S/C29H28F8N6O2/c1-13-5-19(38)39-24(21(13)29(35,36)37)20-18(28(32,33)34)7-17-23(22(20)31)40-26(41-25(17)43-10-16-6-15(43)11-44-16)45-12-27-3-2-4-42(27)9-14(30)8-27/h5,7,14-16H,2-4,6,8-12H2,1H3,(H2,38,39). The van der Waals surface area contributed by atoms with E-state index in [1.165, 1.54) is 0 Å². The van der Waals surface area contributed by atoms with Crippen molar-refractivity contribution in [2.75, 3.05) is 43.5 Å². The molecule has 0 radical (unpaired) electrons. The maximum Gasteiger partial charge on any atom is 0.418 e. The van der Waals surface area contributed by atoms with Gasteiger partial charge in [0, 0.05) is 24.9 Å². The molecule has 0 amide bonds. The number of nitrogens with two attached hydrogens (primary N) is 1. The van der Waals surface area contributed by atoms with Crippen molar-refractivity contribution in [3.05, 3.63) is 34.6 Å². The quantitative estimate of drug-likeness (QED) is 0.355. The molecule has 3 aromatic rings. The van der Waals surface area contributed by atoms with E-state index in [0.717, 1.165) is 19.4 Å². The van der Waals surface area contributed by atoms with Crippen LogP contribution in [-0.4, -0.2) is 76.6 Å². The summed E-state index contributed by atoms with van der Waals surface area (Å²) >= 11 is 0. The SMILES string of the molecule is Cc1cc(N)nc(-c2c(C(F)(F)F)cc3c(N4CC5CC4CO5)nc(OCC45CCCN4CC(F)C5)nc3c2F)c1C(F)(F)F. The number of hydrogen-bond donors (Lipinski definition) is 1. The van der Waals surface area contributed by atoms with Crippen molar-refractivity contribution in [3.8, 4) is 17.3 Å². The smallest absolute Gasteiger partial charge is 0.418 e. The third-order valence-electron chi connectivity index (χ3n) is 9.36. The molecule has 4 aliphatic rings. The van der Waals surface area contributed by atoms with E-state index in [9.17, 15) is 30.7 Å². The van der Waals surface area contributed by atoms with Crippen LogP contribution in [0, 0.1) is 12.7 Å². The maximum atomic E-state index is 16.6. The van der Waals surface area contributed by atoms with Gasteiger partial charge in [-0.2, -0.15) is 36.3 Å². The van der Waals surface area contributed by atoms with Gasteiger partial charge in [0.2, 0.25) is 0 Å². The van der Waals surface area contributed by atoms with Crippen molar-refractivity contribution in [2.24, 2.45) is 0 Å². The molecule has 4 unspecified atom stereocenters. The highest BCUT2D eigenvalue weighted by molar-refractivity contribution is 5.95. The first-order valence-electron chi connectivity index (χ1n) is 14.5. The highest BCUT2D eigenvalue weighted by Gasteiger charge is 2.50. The summed E-state index contributed by atoms with van der Waals surface area (Å²) < 4.78 is 129. The Labute approximate surface area is 251 Å². The predicted molar refractivity (Wildman–Crippen MR) is 146 cm³/mol. The molecule has 2 aromatic heterocycles. The Morgan fingerprint density at radius 1 is 1.09 bits per heavy atom. The highest BCUT2D eigenvalue weighted by Crippen LogP contribution is 2.48. The summed E-state index contributed by atoms with van der Waals surface area (Å²) in [5.74, 6) is -2.26. The molecule has 7 rings (SSSR count). The summed E-state index contributed by atoms with van der Waals surface area (Å²) in [6, 6.07) is 0.745. The number of halogens is 8. The first-order chi connectivity index (χ1) is 21.1. The number of aromatic nitrogens is 3. The molecule has 4 atom stereocenters. The Kier molecular flexibility index (Phi) is 6.86. The number of hydrogen-bond acceptors (Lipinski definition) is 8. The lowest BCUT2D eigenvalue weighted by Crippen LogP contribution is -2.43. The summed E-state index contributed by atoms with van der Waals surface area (Å²) in [5, 5.41) is -0.358. The molecule has 45 heavy (non-hydrogen) atoms.